The van der Waals surface area contributed by atoms with Gasteiger partial charge >= 0.3 is 5.97 Å². The summed E-state index contributed by atoms with van der Waals surface area (Å²) in [5.74, 6) is -4.83. The fourth-order valence-corrected chi connectivity index (χ4v) is 6.47. The normalized spacial score (nSPS) is 14.2. The molecule has 2 aromatic carbocycles. The van der Waals surface area contributed by atoms with E-state index in [0.29, 0.717) is 23.2 Å². The number of nitrogens with two attached hydrogens (primary N) is 3. The Morgan fingerprint density at radius 3 is 1.93 bits per heavy atom. The SMILES string of the molecule is CC(C)C[C@H](N)C(=O)N[C@@H](Cc1cnc[nH]1)C(=O)N[C@@H](Cc1c[nH]c2ccccc12)C(=O)N[C@@H](Cc1ccccc1)C(=O)N[C@@H](CCCN=C(N)N)C(=O)N[C@@H](C)C(=O)O. The average Bonchev–Trinajstić information content (AvgIpc) is 3.88. The molecule has 4 aromatic rings. The number of nitrogens with one attached hydrogen (secondary N) is 7. The van der Waals surface area contributed by atoms with Gasteiger partial charge in [-0.05, 0) is 49.3 Å². The molecule has 0 aliphatic heterocycles. The number of carbonyl (C=O) groups is 6. The van der Waals surface area contributed by atoms with E-state index in [1.54, 1.807) is 36.5 Å². The molecular weight excluding hydrogens is 773 g/mol. The van der Waals surface area contributed by atoms with Crippen molar-refractivity contribution in [1.82, 2.24) is 41.5 Å². The van der Waals surface area contributed by atoms with Crippen LogP contribution in [0.2, 0.25) is 0 Å². The Morgan fingerprint density at radius 1 is 0.733 bits per heavy atom. The van der Waals surface area contributed by atoms with Crippen molar-refractivity contribution in [2.75, 3.05) is 6.54 Å². The fourth-order valence-electron chi connectivity index (χ4n) is 6.47. The molecule has 14 N–H and O–H groups in total. The molecule has 2 heterocycles. The van der Waals surface area contributed by atoms with Crippen molar-refractivity contribution >= 4 is 52.4 Å². The minimum Gasteiger partial charge on any atom is -0.480 e. The van der Waals surface area contributed by atoms with Gasteiger partial charge in [-0.1, -0.05) is 62.4 Å². The largest absolute Gasteiger partial charge is 0.480 e. The number of carbonyl (C=O) groups excluding carboxylic acids is 5. The van der Waals surface area contributed by atoms with Gasteiger partial charge in [0.15, 0.2) is 5.96 Å². The van der Waals surface area contributed by atoms with E-state index in [-0.39, 0.29) is 50.5 Å². The Kier molecular flexibility index (Phi) is 17.2. The summed E-state index contributed by atoms with van der Waals surface area (Å²) in [7, 11) is 0. The molecule has 6 atom stereocenters. The number of aliphatic carboxylic acids is 1. The Morgan fingerprint density at radius 2 is 1.32 bits per heavy atom. The Hall–Kier alpha value is -6.76. The first-order valence-electron chi connectivity index (χ1n) is 19.7. The summed E-state index contributed by atoms with van der Waals surface area (Å²) >= 11 is 0. The topological polar surface area (TPSA) is 318 Å². The fraction of sp³-hybridized carbons (Fsp3) is 0.415. The molecule has 0 radical (unpaired) electrons. The maximum Gasteiger partial charge on any atom is 0.325 e. The van der Waals surface area contributed by atoms with Gasteiger partial charge in [0.05, 0.1) is 12.4 Å². The maximum atomic E-state index is 14.5. The molecule has 0 saturated heterocycles. The summed E-state index contributed by atoms with van der Waals surface area (Å²) in [6.07, 6.45) is 5.27. The summed E-state index contributed by atoms with van der Waals surface area (Å²) in [6.45, 7) is 5.25. The molecule has 0 bridgehead atoms. The van der Waals surface area contributed by atoms with Crippen LogP contribution in [-0.2, 0) is 48.0 Å². The number of H-pyrrole nitrogens is 2. The summed E-state index contributed by atoms with van der Waals surface area (Å²) < 4.78 is 0. The van der Waals surface area contributed by atoms with Gasteiger partial charge in [0.2, 0.25) is 29.5 Å². The van der Waals surface area contributed by atoms with E-state index in [4.69, 9.17) is 17.2 Å². The van der Waals surface area contributed by atoms with Crippen LogP contribution < -0.4 is 43.8 Å². The van der Waals surface area contributed by atoms with Crippen LogP contribution >= 0.6 is 0 Å². The zero-order valence-corrected chi connectivity index (χ0v) is 33.9. The van der Waals surface area contributed by atoms with Gasteiger partial charge in [-0.15, -0.1) is 0 Å². The third-order valence-corrected chi connectivity index (χ3v) is 9.63. The van der Waals surface area contributed by atoms with Crippen LogP contribution in [0.3, 0.4) is 0 Å². The number of carboxylic acid groups (broad SMARTS) is 1. The van der Waals surface area contributed by atoms with Crippen molar-refractivity contribution in [3.63, 3.8) is 0 Å². The van der Waals surface area contributed by atoms with Crippen molar-refractivity contribution in [1.29, 1.82) is 0 Å². The second kappa shape index (κ2) is 22.4. The van der Waals surface area contributed by atoms with Crippen molar-refractivity contribution in [3.8, 4) is 0 Å². The first-order valence-corrected chi connectivity index (χ1v) is 19.7. The standard InChI is InChI=1S/C41H56N12O7/c1-23(2)16-29(42)35(54)51-34(19-27-21-45-22-48-27)39(58)53-33(18-26-20-47-30-13-8-7-12-28(26)30)38(57)52-32(17-25-10-5-4-6-11-25)37(56)50-31(14-9-15-46-41(43)44)36(55)49-24(3)40(59)60/h4-8,10-13,20-24,29,31-34,47H,9,14-19,42H2,1-3H3,(H,45,48)(H,49,55)(H,50,56)(H,51,54)(H,52,57)(H,53,58)(H,59,60)(H4,43,44,46)/t24-,29-,31-,32-,33-,34-/m0/s1. The van der Waals surface area contributed by atoms with Gasteiger partial charge < -0.3 is 58.9 Å². The molecule has 2 aromatic heterocycles. The summed E-state index contributed by atoms with van der Waals surface area (Å²) in [4.78, 5) is 95.1. The highest BCUT2D eigenvalue weighted by Gasteiger charge is 2.33. The van der Waals surface area contributed by atoms with Crippen LogP contribution in [0.1, 0.15) is 56.9 Å². The smallest absolute Gasteiger partial charge is 0.325 e. The third kappa shape index (κ3) is 14.3. The van der Waals surface area contributed by atoms with E-state index >= 15 is 0 Å². The number of fused-ring (bicyclic) bond motifs is 1. The number of hydrogen-bond donors (Lipinski definition) is 11. The van der Waals surface area contributed by atoms with Crippen LogP contribution in [-0.4, -0.2) is 104 Å². The number of imidazole rings is 1. The lowest BCUT2D eigenvalue weighted by atomic mass is 10.0. The molecular formula is C41H56N12O7. The van der Waals surface area contributed by atoms with E-state index in [9.17, 15) is 33.9 Å². The second-order valence-corrected chi connectivity index (χ2v) is 15.0. The number of nitrogens with zero attached hydrogens (tertiary/aromatic N) is 2. The Bertz CT molecular complexity index is 2080. The second-order valence-electron chi connectivity index (χ2n) is 15.0. The zero-order valence-electron chi connectivity index (χ0n) is 33.9. The minimum absolute atomic E-state index is 0.000430. The predicted octanol–water partition coefficient (Wildman–Crippen LogP) is -0.126. The number of guanidine groups is 1. The van der Waals surface area contributed by atoms with Crippen molar-refractivity contribution in [3.05, 3.63) is 90.1 Å². The molecule has 322 valence electrons. The highest BCUT2D eigenvalue weighted by molar-refractivity contribution is 5.97. The Balaban J connectivity index is 1.66. The van der Waals surface area contributed by atoms with Gasteiger partial charge in [-0.2, -0.15) is 0 Å². The number of hydrogen-bond acceptors (Lipinski definition) is 9. The molecule has 5 amide bonds. The molecule has 0 saturated carbocycles. The molecule has 60 heavy (non-hydrogen) atoms. The number of rotatable bonds is 23. The first-order chi connectivity index (χ1) is 28.6. The number of aromatic nitrogens is 3. The van der Waals surface area contributed by atoms with E-state index in [2.05, 4.69) is 46.5 Å². The van der Waals surface area contributed by atoms with Gasteiger partial charge in [0.1, 0.15) is 30.2 Å². The number of amides is 5. The molecule has 0 aliphatic rings. The van der Waals surface area contributed by atoms with Crippen LogP contribution in [0.5, 0.6) is 0 Å². The third-order valence-electron chi connectivity index (χ3n) is 9.63. The van der Waals surface area contributed by atoms with Crippen molar-refractivity contribution < 1.29 is 33.9 Å². The molecule has 0 aliphatic carbocycles. The van der Waals surface area contributed by atoms with Gasteiger partial charge in [0, 0.05) is 54.8 Å². The predicted molar refractivity (Wildman–Crippen MR) is 225 cm³/mol. The van der Waals surface area contributed by atoms with E-state index in [1.807, 2.05) is 38.1 Å². The highest BCUT2D eigenvalue weighted by Crippen LogP contribution is 2.20. The number of para-hydroxylation sites is 1. The molecule has 19 heteroatoms. The molecule has 0 spiro atoms. The lowest BCUT2D eigenvalue weighted by Gasteiger charge is -2.27. The van der Waals surface area contributed by atoms with Crippen molar-refractivity contribution in [2.24, 2.45) is 28.1 Å². The molecule has 0 fully saturated rings. The first kappa shape index (κ1) is 45.9. The average molecular weight is 829 g/mol. The summed E-state index contributed by atoms with van der Waals surface area (Å²) in [5.41, 5.74) is 19.8. The van der Waals surface area contributed by atoms with Gasteiger partial charge in [-0.25, -0.2) is 4.98 Å². The van der Waals surface area contributed by atoms with E-state index < -0.39 is 71.8 Å². The molecule has 0 unspecified atom stereocenters. The Labute approximate surface area is 347 Å². The summed E-state index contributed by atoms with van der Waals surface area (Å²) in [5, 5.41) is 23.7. The number of benzene rings is 2. The summed E-state index contributed by atoms with van der Waals surface area (Å²) in [6, 6.07) is 9.11. The zero-order chi connectivity index (χ0) is 43.8. The number of aliphatic imine (C=N–C) groups is 1. The molecule has 19 nitrogen and oxygen atoms in total. The van der Waals surface area contributed by atoms with E-state index in [0.717, 1.165) is 10.9 Å². The minimum atomic E-state index is -1.29. The van der Waals surface area contributed by atoms with Gasteiger partial charge in [0.25, 0.3) is 0 Å². The van der Waals surface area contributed by atoms with E-state index in [1.165, 1.54) is 19.4 Å². The molecule has 4 rings (SSSR count). The van der Waals surface area contributed by atoms with Crippen LogP contribution in [0.15, 0.2) is 78.3 Å². The van der Waals surface area contributed by atoms with Crippen molar-refractivity contribution in [2.45, 2.75) is 95.5 Å². The lowest BCUT2D eigenvalue weighted by molar-refractivity contribution is -0.141. The lowest BCUT2D eigenvalue weighted by Crippen LogP contribution is -2.60. The van der Waals surface area contributed by atoms with Gasteiger partial charge in [-0.3, -0.25) is 33.8 Å². The monoisotopic (exact) mass is 828 g/mol. The highest BCUT2D eigenvalue weighted by atomic mass is 16.4. The maximum absolute atomic E-state index is 14.5. The van der Waals surface area contributed by atoms with Crippen LogP contribution in [0.25, 0.3) is 10.9 Å². The van der Waals surface area contributed by atoms with Crippen LogP contribution in [0, 0.1) is 5.92 Å². The number of aromatic amines is 2. The quantitative estimate of drug-likeness (QED) is 0.0266. The van der Waals surface area contributed by atoms with Crippen LogP contribution in [0.4, 0.5) is 0 Å². The number of carboxylic acids is 1.